The molecule has 2 aromatic carbocycles. The highest BCUT2D eigenvalue weighted by Crippen LogP contribution is 2.35. The highest BCUT2D eigenvalue weighted by atomic mass is 16.6. The van der Waals surface area contributed by atoms with Gasteiger partial charge in [-0.25, -0.2) is 0 Å². The fourth-order valence-corrected chi connectivity index (χ4v) is 2.51. The van der Waals surface area contributed by atoms with Gasteiger partial charge in [-0.3, -0.25) is 19.7 Å². The smallest absolute Gasteiger partial charge is 0.286 e. The van der Waals surface area contributed by atoms with Crippen LogP contribution in [0.4, 0.5) is 17.1 Å². The van der Waals surface area contributed by atoms with Gasteiger partial charge in [-0.15, -0.1) is 0 Å². The van der Waals surface area contributed by atoms with Gasteiger partial charge < -0.3 is 24.8 Å². The van der Waals surface area contributed by atoms with Crippen molar-refractivity contribution in [2.45, 2.75) is 6.92 Å². The minimum absolute atomic E-state index is 0.116. The largest absolute Gasteiger partial charge is 0.493 e. The van der Waals surface area contributed by atoms with Crippen LogP contribution < -0.4 is 20.1 Å². The summed E-state index contributed by atoms with van der Waals surface area (Å²) in [4.78, 5) is 35.1. The van der Waals surface area contributed by atoms with Gasteiger partial charge in [0, 0.05) is 24.6 Å². The van der Waals surface area contributed by atoms with Crippen molar-refractivity contribution in [1.29, 1.82) is 0 Å². The summed E-state index contributed by atoms with van der Waals surface area (Å²) in [6.45, 7) is 1.91. The molecule has 10 heteroatoms. The first-order valence-corrected chi connectivity index (χ1v) is 8.59. The van der Waals surface area contributed by atoms with Crippen LogP contribution in [0.2, 0.25) is 0 Å². The van der Waals surface area contributed by atoms with Gasteiger partial charge in [0.25, 0.3) is 11.6 Å². The number of nitrogens with zero attached hydrogens (tertiary/aromatic N) is 1. The second-order valence-corrected chi connectivity index (χ2v) is 5.73. The average Bonchev–Trinajstić information content (AvgIpc) is 2.68. The molecule has 154 valence electrons. The Balaban J connectivity index is 2.31. The third-order valence-electron chi connectivity index (χ3n) is 3.70. The molecule has 0 heterocycles. The van der Waals surface area contributed by atoms with Crippen molar-refractivity contribution in [1.82, 2.24) is 0 Å². The normalized spacial score (nSPS) is 10.2. The Morgan fingerprint density at radius 1 is 1.07 bits per heavy atom. The Morgan fingerprint density at radius 3 is 2.34 bits per heavy atom. The molecule has 29 heavy (non-hydrogen) atoms. The molecule has 2 N–H and O–H groups in total. The monoisotopic (exact) mass is 403 g/mol. The maximum atomic E-state index is 12.7. The van der Waals surface area contributed by atoms with E-state index in [1.165, 1.54) is 26.4 Å². The number of anilines is 2. The zero-order valence-corrected chi connectivity index (χ0v) is 16.2. The summed E-state index contributed by atoms with van der Waals surface area (Å²) < 4.78 is 15.3. The van der Waals surface area contributed by atoms with E-state index in [9.17, 15) is 19.7 Å². The predicted octanol–water partition coefficient (Wildman–Crippen LogP) is 2.84. The first-order valence-electron chi connectivity index (χ1n) is 8.59. The van der Waals surface area contributed by atoms with Crippen molar-refractivity contribution >= 4 is 28.9 Å². The van der Waals surface area contributed by atoms with E-state index in [1.54, 1.807) is 25.1 Å². The summed E-state index contributed by atoms with van der Waals surface area (Å²) in [7, 11) is 2.75. The molecule has 0 aromatic heterocycles. The molecular formula is C19H21N3O7. The molecule has 2 rings (SSSR count). The van der Waals surface area contributed by atoms with Gasteiger partial charge in [-0.2, -0.15) is 0 Å². The Bertz CT molecular complexity index is 915. The minimum Gasteiger partial charge on any atom is -0.493 e. The second kappa shape index (κ2) is 10.0. The highest BCUT2D eigenvalue weighted by molar-refractivity contribution is 6.08. The molecule has 2 aromatic rings. The number of carbonyl (C=O) groups is 2. The number of ether oxygens (including phenoxy) is 3. The van der Waals surface area contributed by atoms with Crippen molar-refractivity contribution in [2.75, 3.05) is 38.1 Å². The summed E-state index contributed by atoms with van der Waals surface area (Å²) >= 11 is 0. The lowest BCUT2D eigenvalue weighted by Gasteiger charge is -2.12. The number of hydrogen-bond acceptors (Lipinski definition) is 7. The molecule has 0 unspecified atom stereocenters. The number of nitrogens with one attached hydrogen (secondary N) is 2. The van der Waals surface area contributed by atoms with Gasteiger partial charge in [0.2, 0.25) is 5.91 Å². The number of nitro groups is 1. The fourth-order valence-electron chi connectivity index (χ4n) is 2.51. The van der Waals surface area contributed by atoms with Crippen molar-refractivity contribution in [3.63, 3.8) is 0 Å². The third kappa shape index (κ3) is 5.66. The van der Waals surface area contributed by atoms with Gasteiger partial charge in [0.15, 0.2) is 11.5 Å². The van der Waals surface area contributed by atoms with E-state index in [4.69, 9.17) is 14.2 Å². The van der Waals surface area contributed by atoms with Crippen LogP contribution in [0, 0.1) is 10.1 Å². The Kier molecular flexibility index (Phi) is 7.49. The number of amides is 2. The van der Waals surface area contributed by atoms with Gasteiger partial charge >= 0.3 is 0 Å². The molecule has 0 radical (unpaired) electrons. The molecule has 10 nitrogen and oxygen atoms in total. The molecular weight excluding hydrogens is 382 g/mol. The van der Waals surface area contributed by atoms with Gasteiger partial charge in [-0.1, -0.05) is 6.07 Å². The lowest BCUT2D eigenvalue weighted by Crippen LogP contribution is -2.18. The molecule has 0 atom stereocenters. The molecule has 0 spiro atoms. The van der Waals surface area contributed by atoms with E-state index >= 15 is 0 Å². The Labute approximate surface area is 166 Å². The van der Waals surface area contributed by atoms with Crippen LogP contribution >= 0.6 is 0 Å². The summed E-state index contributed by atoms with van der Waals surface area (Å²) in [5.74, 6) is -0.701. The highest BCUT2D eigenvalue weighted by Gasteiger charge is 2.25. The van der Waals surface area contributed by atoms with Crippen LogP contribution in [0.5, 0.6) is 11.5 Å². The average molecular weight is 403 g/mol. The number of nitro benzene ring substituents is 1. The lowest BCUT2D eigenvalue weighted by atomic mass is 10.1. The van der Waals surface area contributed by atoms with Crippen LogP contribution in [0.15, 0.2) is 36.4 Å². The maximum Gasteiger partial charge on any atom is 0.286 e. The molecule has 0 fully saturated rings. The molecule has 0 saturated heterocycles. The number of rotatable bonds is 9. The topological polar surface area (TPSA) is 129 Å². The number of methoxy groups -OCH3 is 2. The Morgan fingerprint density at radius 2 is 1.76 bits per heavy atom. The van der Waals surface area contributed by atoms with Crippen LogP contribution in [-0.2, 0) is 9.53 Å². The second-order valence-electron chi connectivity index (χ2n) is 5.73. The molecule has 0 bridgehead atoms. The number of carbonyl (C=O) groups excluding carboxylic acids is 2. The third-order valence-corrected chi connectivity index (χ3v) is 3.70. The SMILES string of the molecule is CCOc1cc(C(=O)Nc2cccc(NC(=O)COC)c2)c([N+](=O)[O-])cc1OC. The van der Waals surface area contributed by atoms with E-state index in [2.05, 4.69) is 10.6 Å². The van der Waals surface area contributed by atoms with Crippen molar-refractivity contribution in [3.05, 3.63) is 52.1 Å². The van der Waals surface area contributed by atoms with Crippen molar-refractivity contribution < 1.29 is 28.7 Å². The first-order chi connectivity index (χ1) is 13.9. The zero-order valence-electron chi connectivity index (χ0n) is 16.2. The molecule has 0 aliphatic rings. The minimum atomic E-state index is -0.708. The zero-order chi connectivity index (χ0) is 21.4. The van der Waals surface area contributed by atoms with Crippen LogP contribution in [-0.4, -0.2) is 44.2 Å². The van der Waals surface area contributed by atoms with Gasteiger partial charge in [0.1, 0.15) is 12.2 Å². The summed E-state index contributed by atoms with van der Waals surface area (Å²) in [5, 5.41) is 16.6. The van der Waals surface area contributed by atoms with E-state index in [-0.39, 0.29) is 29.6 Å². The molecule has 0 aliphatic carbocycles. The summed E-state index contributed by atoms with van der Waals surface area (Å²) in [6, 6.07) is 8.76. The van der Waals surface area contributed by atoms with E-state index in [0.29, 0.717) is 18.0 Å². The molecule has 2 amide bonds. The summed E-state index contributed by atoms with van der Waals surface area (Å²) in [5.41, 5.74) is 0.165. The summed E-state index contributed by atoms with van der Waals surface area (Å²) in [6.07, 6.45) is 0. The van der Waals surface area contributed by atoms with E-state index in [1.807, 2.05) is 0 Å². The quantitative estimate of drug-likeness (QED) is 0.486. The standard InChI is InChI=1S/C19H21N3O7/c1-4-29-17-9-14(15(22(25)26)10-16(17)28-3)19(24)21-13-7-5-6-12(8-13)20-18(23)11-27-2/h5-10H,4,11H2,1-3H3,(H,20,23)(H,21,24). The Hall–Kier alpha value is -3.66. The fraction of sp³-hybridized carbons (Fsp3) is 0.263. The molecule has 0 aliphatic heterocycles. The predicted molar refractivity (Wildman–Crippen MR) is 106 cm³/mol. The van der Waals surface area contributed by atoms with Gasteiger partial charge in [-0.05, 0) is 25.1 Å². The molecule has 0 saturated carbocycles. The maximum absolute atomic E-state index is 12.7. The number of hydrogen-bond donors (Lipinski definition) is 2. The number of benzene rings is 2. The van der Waals surface area contributed by atoms with E-state index < -0.39 is 16.5 Å². The van der Waals surface area contributed by atoms with Crippen LogP contribution in [0.1, 0.15) is 17.3 Å². The van der Waals surface area contributed by atoms with E-state index in [0.717, 1.165) is 6.07 Å². The lowest BCUT2D eigenvalue weighted by molar-refractivity contribution is -0.385. The first kappa shape index (κ1) is 21.6. The van der Waals surface area contributed by atoms with Crippen LogP contribution in [0.25, 0.3) is 0 Å². The van der Waals surface area contributed by atoms with Crippen LogP contribution in [0.3, 0.4) is 0 Å². The van der Waals surface area contributed by atoms with Crippen molar-refractivity contribution in [3.8, 4) is 11.5 Å². The van der Waals surface area contributed by atoms with Gasteiger partial charge in [0.05, 0.1) is 24.7 Å². The van der Waals surface area contributed by atoms with Crippen molar-refractivity contribution in [2.24, 2.45) is 0 Å².